The number of likely N-dealkylation sites (N-methyl/N-ethyl adjacent to an activating group) is 1. The zero-order valence-electron chi connectivity index (χ0n) is 9.77. The van der Waals surface area contributed by atoms with Crippen LogP contribution in [0.5, 0.6) is 11.5 Å². The molecule has 0 aliphatic carbocycles. The van der Waals surface area contributed by atoms with E-state index < -0.39 is 17.4 Å². The molecule has 0 aromatic heterocycles. The lowest BCUT2D eigenvalue weighted by molar-refractivity contribution is 0.0985. The van der Waals surface area contributed by atoms with E-state index in [-0.39, 0.29) is 23.6 Å². The SMILES string of the molecule is CNCC(=O)c1c(OC)c(F)cc(F)c1OC. The van der Waals surface area contributed by atoms with E-state index in [1.807, 2.05) is 0 Å². The molecule has 0 atom stereocenters. The smallest absolute Gasteiger partial charge is 0.184 e. The summed E-state index contributed by atoms with van der Waals surface area (Å²) in [6.07, 6.45) is 0. The zero-order valence-corrected chi connectivity index (χ0v) is 9.77. The van der Waals surface area contributed by atoms with Crippen molar-refractivity contribution >= 4 is 5.78 Å². The first-order valence-corrected chi connectivity index (χ1v) is 4.84. The number of carbonyl (C=O) groups is 1. The monoisotopic (exact) mass is 245 g/mol. The second kappa shape index (κ2) is 5.58. The molecule has 0 aliphatic heterocycles. The second-order valence-corrected chi connectivity index (χ2v) is 3.24. The number of rotatable bonds is 5. The molecule has 1 aromatic rings. The van der Waals surface area contributed by atoms with Crippen LogP contribution in [0.15, 0.2) is 6.07 Å². The summed E-state index contributed by atoms with van der Waals surface area (Å²) in [5.74, 6) is -3.03. The van der Waals surface area contributed by atoms with E-state index in [0.717, 1.165) is 0 Å². The molecule has 6 heteroatoms. The summed E-state index contributed by atoms with van der Waals surface area (Å²) < 4.78 is 36.4. The van der Waals surface area contributed by atoms with Crippen molar-refractivity contribution in [1.82, 2.24) is 5.32 Å². The average Bonchev–Trinajstić information content (AvgIpc) is 2.28. The third kappa shape index (κ3) is 2.52. The van der Waals surface area contributed by atoms with Gasteiger partial charge in [0.25, 0.3) is 0 Å². The van der Waals surface area contributed by atoms with Crippen molar-refractivity contribution < 1.29 is 23.0 Å². The summed E-state index contributed by atoms with van der Waals surface area (Å²) in [7, 11) is 3.95. The van der Waals surface area contributed by atoms with E-state index in [4.69, 9.17) is 9.47 Å². The van der Waals surface area contributed by atoms with Crippen LogP contribution in [0.2, 0.25) is 0 Å². The highest BCUT2D eigenvalue weighted by molar-refractivity contribution is 6.02. The molecule has 4 nitrogen and oxygen atoms in total. The Hall–Kier alpha value is -1.69. The summed E-state index contributed by atoms with van der Waals surface area (Å²) in [4.78, 5) is 11.8. The van der Waals surface area contributed by atoms with Crippen LogP contribution >= 0.6 is 0 Å². The van der Waals surface area contributed by atoms with Crippen molar-refractivity contribution in [2.45, 2.75) is 0 Å². The van der Waals surface area contributed by atoms with Gasteiger partial charge in [-0.25, -0.2) is 8.78 Å². The minimum absolute atomic E-state index is 0.0738. The van der Waals surface area contributed by atoms with E-state index in [1.165, 1.54) is 14.2 Å². The fourth-order valence-corrected chi connectivity index (χ4v) is 1.49. The summed E-state index contributed by atoms with van der Waals surface area (Å²) in [6.45, 7) is -0.0738. The molecule has 0 saturated heterocycles. The van der Waals surface area contributed by atoms with Crippen molar-refractivity contribution in [3.8, 4) is 11.5 Å². The Morgan fingerprint density at radius 1 is 1.24 bits per heavy atom. The highest BCUT2D eigenvalue weighted by atomic mass is 19.1. The fraction of sp³-hybridized carbons (Fsp3) is 0.364. The maximum atomic E-state index is 13.4. The molecule has 0 amide bonds. The number of Topliss-reactive ketones (excluding diaryl/α,β-unsaturated/α-hetero) is 1. The van der Waals surface area contributed by atoms with E-state index >= 15 is 0 Å². The van der Waals surface area contributed by atoms with Crippen LogP contribution < -0.4 is 14.8 Å². The minimum atomic E-state index is -0.940. The normalized spacial score (nSPS) is 10.2. The molecule has 0 bridgehead atoms. The zero-order chi connectivity index (χ0) is 13.0. The van der Waals surface area contributed by atoms with Crippen LogP contribution in [0.25, 0.3) is 0 Å². The lowest BCUT2D eigenvalue weighted by atomic mass is 10.1. The number of nitrogens with one attached hydrogen (secondary N) is 1. The van der Waals surface area contributed by atoms with Crippen molar-refractivity contribution in [3.05, 3.63) is 23.3 Å². The van der Waals surface area contributed by atoms with Gasteiger partial charge < -0.3 is 14.8 Å². The predicted octanol–water partition coefficient (Wildman–Crippen LogP) is 1.38. The van der Waals surface area contributed by atoms with Gasteiger partial charge in [0.2, 0.25) is 0 Å². The number of hydrogen-bond acceptors (Lipinski definition) is 4. The van der Waals surface area contributed by atoms with Gasteiger partial charge in [0.1, 0.15) is 5.56 Å². The highest BCUT2D eigenvalue weighted by Crippen LogP contribution is 2.34. The van der Waals surface area contributed by atoms with Crippen LogP contribution in [0.1, 0.15) is 10.4 Å². The van der Waals surface area contributed by atoms with Crippen LogP contribution in [-0.4, -0.2) is 33.6 Å². The summed E-state index contributed by atoms with van der Waals surface area (Å²) >= 11 is 0. The van der Waals surface area contributed by atoms with Gasteiger partial charge in [0.05, 0.1) is 20.8 Å². The van der Waals surface area contributed by atoms with E-state index in [9.17, 15) is 13.6 Å². The van der Waals surface area contributed by atoms with Crippen LogP contribution in [0.3, 0.4) is 0 Å². The Balaban J connectivity index is 3.45. The fourth-order valence-electron chi connectivity index (χ4n) is 1.49. The quantitative estimate of drug-likeness (QED) is 0.796. The van der Waals surface area contributed by atoms with Gasteiger partial charge in [-0.15, -0.1) is 0 Å². The lowest BCUT2D eigenvalue weighted by Crippen LogP contribution is -2.20. The van der Waals surface area contributed by atoms with Crippen molar-refractivity contribution in [1.29, 1.82) is 0 Å². The first-order chi connectivity index (χ1) is 8.06. The number of methoxy groups -OCH3 is 2. The Morgan fingerprint density at radius 3 is 2.06 bits per heavy atom. The van der Waals surface area contributed by atoms with Gasteiger partial charge in [0.15, 0.2) is 28.9 Å². The molecule has 1 aromatic carbocycles. The molecule has 0 unspecified atom stereocenters. The molecule has 1 N–H and O–H groups in total. The lowest BCUT2D eigenvalue weighted by Gasteiger charge is -2.13. The van der Waals surface area contributed by atoms with Gasteiger partial charge in [-0.1, -0.05) is 0 Å². The molecule has 17 heavy (non-hydrogen) atoms. The third-order valence-corrected chi connectivity index (χ3v) is 2.17. The number of hydrogen-bond donors (Lipinski definition) is 1. The molecule has 0 fully saturated rings. The van der Waals surface area contributed by atoms with Crippen LogP contribution in [-0.2, 0) is 0 Å². The summed E-state index contributed by atoms with van der Waals surface area (Å²) in [6, 6.07) is 0.619. The number of ether oxygens (including phenoxy) is 2. The predicted molar refractivity (Wildman–Crippen MR) is 57.7 cm³/mol. The Bertz CT molecular complexity index is 407. The van der Waals surface area contributed by atoms with E-state index in [0.29, 0.717) is 6.07 Å². The molecule has 1 rings (SSSR count). The average molecular weight is 245 g/mol. The molecule has 94 valence electrons. The number of ketones is 1. The minimum Gasteiger partial charge on any atom is -0.493 e. The number of benzene rings is 1. The molecule has 0 saturated carbocycles. The second-order valence-electron chi connectivity index (χ2n) is 3.24. The van der Waals surface area contributed by atoms with Crippen molar-refractivity contribution in [2.24, 2.45) is 0 Å². The Labute approximate surface area is 97.5 Å². The molecule has 0 radical (unpaired) electrons. The van der Waals surface area contributed by atoms with E-state index in [2.05, 4.69) is 5.32 Å². The first-order valence-electron chi connectivity index (χ1n) is 4.84. The molecule has 0 heterocycles. The van der Waals surface area contributed by atoms with E-state index in [1.54, 1.807) is 7.05 Å². The maximum absolute atomic E-state index is 13.4. The van der Waals surface area contributed by atoms with Gasteiger partial charge in [-0.3, -0.25) is 4.79 Å². The first kappa shape index (κ1) is 13.4. The molecule has 0 aliphatic rings. The summed E-state index contributed by atoms with van der Waals surface area (Å²) in [5.41, 5.74) is -0.234. The Morgan fingerprint density at radius 2 is 1.71 bits per heavy atom. The molecule has 0 spiro atoms. The van der Waals surface area contributed by atoms with Crippen LogP contribution in [0, 0.1) is 11.6 Å². The highest BCUT2D eigenvalue weighted by Gasteiger charge is 2.25. The van der Waals surface area contributed by atoms with Crippen LogP contribution in [0.4, 0.5) is 8.78 Å². The molecular formula is C11H13F2NO3. The molecular weight excluding hydrogens is 232 g/mol. The number of halogens is 2. The number of carbonyl (C=O) groups excluding carboxylic acids is 1. The summed E-state index contributed by atoms with van der Waals surface area (Å²) in [5, 5.41) is 2.60. The van der Waals surface area contributed by atoms with Gasteiger partial charge in [0, 0.05) is 6.07 Å². The standard InChI is InChI=1S/C11H13F2NO3/c1-14-5-8(15)9-10(16-2)6(12)4-7(13)11(9)17-3/h4,14H,5H2,1-3H3. The van der Waals surface area contributed by atoms with Crippen molar-refractivity contribution in [2.75, 3.05) is 27.8 Å². The van der Waals surface area contributed by atoms with Crippen molar-refractivity contribution in [3.63, 3.8) is 0 Å². The van der Waals surface area contributed by atoms with Gasteiger partial charge >= 0.3 is 0 Å². The van der Waals surface area contributed by atoms with Gasteiger partial charge in [-0.2, -0.15) is 0 Å². The topological polar surface area (TPSA) is 47.6 Å². The third-order valence-electron chi connectivity index (χ3n) is 2.17. The Kier molecular flexibility index (Phi) is 4.39. The maximum Gasteiger partial charge on any atom is 0.184 e. The van der Waals surface area contributed by atoms with Gasteiger partial charge in [-0.05, 0) is 7.05 Å². The largest absolute Gasteiger partial charge is 0.493 e.